The number of benzene rings is 1. The van der Waals surface area contributed by atoms with Crippen molar-refractivity contribution < 1.29 is 0 Å². The van der Waals surface area contributed by atoms with Crippen molar-refractivity contribution in [2.45, 2.75) is 26.7 Å². The van der Waals surface area contributed by atoms with E-state index in [2.05, 4.69) is 54.2 Å². The summed E-state index contributed by atoms with van der Waals surface area (Å²) in [5.41, 5.74) is 8.47. The molecule has 1 aliphatic rings. The molecule has 4 rings (SSSR count). The third-order valence-electron chi connectivity index (χ3n) is 4.62. The van der Waals surface area contributed by atoms with Crippen LogP contribution in [0, 0.1) is 13.8 Å². The van der Waals surface area contributed by atoms with E-state index >= 15 is 0 Å². The van der Waals surface area contributed by atoms with E-state index in [1.807, 2.05) is 18.5 Å². The van der Waals surface area contributed by atoms with Gasteiger partial charge in [-0.15, -0.1) is 0 Å². The van der Waals surface area contributed by atoms with E-state index in [1.54, 1.807) is 0 Å². The van der Waals surface area contributed by atoms with Crippen LogP contribution in [0.4, 0.5) is 0 Å². The highest BCUT2D eigenvalue weighted by Crippen LogP contribution is 2.28. The Labute approximate surface area is 142 Å². The van der Waals surface area contributed by atoms with Gasteiger partial charge in [0.05, 0.1) is 5.71 Å². The zero-order valence-corrected chi connectivity index (χ0v) is 14.1. The Bertz CT molecular complexity index is 946. The molecule has 0 saturated carbocycles. The zero-order chi connectivity index (χ0) is 16.5. The van der Waals surface area contributed by atoms with Crippen LogP contribution >= 0.6 is 0 Å². The van der Waals surface area contributed by atoms with Crippen LogP contribution in [0.15, 0.2) is 53.3 Å². The van der Waals surface area contributed by atoms with Crippen LogP contribution in [0.3, 0.4) is 0 Å². The third kappa shape index (κ3) is 2.67. The molecule has 0 saturated heterocycles. The fourth-order valence-corrected chi connectivity index (χ4v) is 3.42. The highest BCUT2D eigenvalue weighted by Gasteiger charge is 2.16. The van der Waals surface area contributed by atoms with Gasteiger partial charge in [-0.3, -0.25) is 9.98 Å². The van der Waals surface area contributed by atoms with Crippen molar-refractivity contribution >= 4 is 22.7 Å². The Kier molecular flexibility index (Phi) is 3.77. The number of hydrogen-bond acceptors (Lipinski definition) is 2. The van der Waals surface area contributed by atoms with Gasteiger partial charge < -0.3 is 4.98 Å². The molecule has 3 heteroatoms. The normalized spacial score (nSPS) is 16.6. The average molecular weight is 315 g/mol. The maximum absolute atomic E-state index is 4.79. The minimum Gasteiger partial charge on any atom is -0.358 e. The minimum absolute atomic E-state index is 0.896. The van der Waals surface area contributed by atoms with Crippen molar-refractivity contribution in [1.29, 1.82) is 0 Å². The first-order valence-corrected chi connectivity index (χ1v) is 8.47. The SMILES string of the molecule is Cc1ccc2[nH]c(C)c(/C=C3\CCCN=C3c3cccnc3)c2c1. The quantitative estimate of drug-likeness (QED) is 0.722. The fourth-order valence-electron chi connectivity index (χ4n) is 3.42. The van der Waals surface area contributed by atoms with Crippen molar-refractivity contribution in [1.82, 2.24) is 9.97 Å². The Balaban J connectivity index is 1.85. The van der Waals surface area contributed by atoms with Gasteiger partial charge in [-0.2, -0.15) is 0 Å². The van der Waals surface area contributed by atoms with Gasteiger partial charge in [0.2, 0.25) is 0 Å². The zero-order valence-electron chi connectivity index (χ0n) is 14.1. The summed E-state index contributed by atoms with van der Waals surface area (Å²) in [6.07, 6.45) is 8.20. The molecule has 0 unspecified atom stereocenters. The smallest absolute Gasteiger partial charge is 0.0694 e. The van der Waals surface area contributed by atoms with Gasteiger partial charge in [-0.05, 0) is 62.6 Å². The standard InChI is InChI=1S/C21H21N3/c1-14-7-8-20-19(11-14)18(15(2)24-20)12-16-5-4-10-23-21(16)17-6-3-9-22-13-17/h3,6-9,11-13,24H,4-5,10H2,1-2H3/b16-12+. The maximum Gasteiger partial charge on any atom is 0.0694 e. The van der Waals surface area contributed by atoms with Crippen LogP contribution in [0.1, 0.15) is 35.2 Å². The summed E-state index contributed by atoms with van der Waals surface area (Å²) >= 11 is 0. The lowest BCUT2D eigenvalue weighted by Crippen LogP contribution is -2.11. The summed E-state index contributed by atoms with van der Waals surface area (Å²) in [6, 6.07) is 10.6. The van der Waals surface area contributed by atoms with E-state index in [4.69, 9.17) is 4.99 Å². The molecule has 0 radical (unpaired) electrons. The van der Waals surface area contributed by atoms with Crippen molar-refractivity contribution in [2.24, 2.45) is 4.99 Å². The molecular weight excluding hydrogens is 294 g/mol. The first-order valence-electron chi connectivity index (χ1n) is 8.47. The lowest BCUT2D eigenvalue weighted by molar-refractivity contribution is 0.818. The third-order valence-corrected chi connectivity index (χ3v) is 4.62. The molecule has 3 aromatic rings. The number of H-pyrrole nitrogens is 1. The van der Waals surface area contributed by atoms with E-state index in [0.29, 0.717) is 0 Å². The average Bonchev–Trinajstić information content (AvgIpc) is 2.91. The van der Waals surface area contributed by atoms with Crippen LogP contribution in [-0.4, -0.2) is 22.2 Å². The molecule has 3 heterocycles. The Morgan fingerprint density at radius 3 is 2.92 bits per heavy atom. The Morgan fingerprint density at radius 2 is 2.08 bits per heavy atom. The molecule has 3 nitrogen and oxygen atoms in total. The number of nitrogens with one attached hydrogen (secondary N) is 1. The highest BCUT2D eigenvalue weighted by molar-refractivity contribution is 6.16. The Morgan fingerprint density at radius 1 is 1.17 bits per heavy atom. The molecule has 120 valence electrons. The molecule has 0 spiro atoms. The van der Waals surface area contributed by atoms with Crippen molar-refractivity contribution in [3.8, 4) is 0 Å². The number of aryl methyl sites for hydroxylation is 2. The molecule has 0 fully saturated rings. The number of fused-ring (bicyclic) bond motifs is 1. The molecule has 1 aliphatic heterocycles. The number of rotatable bonds is 2. The second kappa shape index (κ2) is 6.08. The van der Waals surface area contributed by atoms with Gasteiger partial charge in [-0.25, -0.2) is 0 Å². The van der Waals surface area contributed by atoms with Crippen molar-refractivity contribution in [2.75, 3.05) is 6.54 Å². The first-order chi connectivity index (χ1) is 11.7. The molecule has 1 aromatic carbocycles. The van der Waals surface area contributed by atoms with Gasteiger partial charge in [0, 0.05) is 46.7 Å². The van der Waals surface area contributed by atoms with Crippen LogP contribution in [-0.2, 0) is 0 Å². The second-order valence-electron chi connectivity index (χ2n) is 6.46. The van der Waals surface area contributed by atoms with Gasteiger partial charge >= 0.3 is 0 Å². The number of aliphatic imine (C=N–C) groups is 1. The summed E-state index contributed by atoms with van der Waals surface area (Å²) in [7, 11) is 0. The molecule has 0 amide bonds. The van der Waals surface area contributed by atoms with E-state index in [-0.39, 0.29) is 0 Å². The minimum atomic E-state index is 0.896. The number of nitrogens with zero attached hydrogens (tertiary/aromatic N) is 2. The first kappa shape index (κ1) is 14.9. The second-order valence-corrected chi connectivity index (χ2v) is 6.46. The van der Waals surface area contributed by atoms with Crippen molar-refractivity contribution in [3.63, 3.8) is 0 Å². The maximum atomic E-state index is 4.79. The number of allylic oxidation sites excluding steroid dienone is 1. The molecule has 2 aromatic heterocycles. The summed E-state index contributed by atoms with van der Waals surface area (Å²) < 4.78 is 0. The van der Waals surface area contributed by atoms with Gasteiger partial charge in [-0.1, -0.05) is 11.6 Å². The summed E-state index contributed by atoms with van der Waals surface area (Å²) in [6.45, 7) is 5.18. The van der Waals surface area contributed by atoms with E-state index in [0.717, 1.165) is 30.7 Å². The molecule has 1 N–H and O–H groups in total. The van der Waals surface area contributed by atoms with Crippen molar-refractivity contribution in [3.05, 3.63) is 70.7 Å². The summed E-state index contributed by atoms with van der Waals surface area (Å²) in [4.78, 5) is 12.5. The number of pyridine rings is 1. The predicted molar refractivity (Wildman–Crippen MR) is 101 cm³/mol. The van der Waals surface area contributed by atoms with E-state index in [1.165, 1.54) is 33.3 Å². The van der Waals surface area contributed by atoms with Gasteiger partial charge in [0.25, 0.3) is 0 Å². The molecule has 0 bridgehead atoms. The predicted octanol–water partition coefficient (Wildman–Crippen LogP) is 4.85. The lowest BCUT2D eigenvalue weighted by atomic mass is 9.94. The van der Waals surface area contributed by atoms with Gasteiger partial charge in [0.1, 0.15) is 0 Å². The number of aromatic amines is 1. The monoisotopic (exact) mass is 315 g/mol. The van der Waals surface area contributed by atoms with Crippen LogP contribution in [0.2, 0.25) is 0 Å². The largest absolute Gasteiger partial charge is 0.358 e. The topological polar surface area (TPSA) is 41.0 Å². The van der Waals surface area contributed by atoms with Crippen LogP contribution in [0.25, 0.3) is 17.0 Å². The fraction of sp³-hybridized carbons (Fsp3) is 0.238. The van der Waals surface area contributed by atoms with Crippen LogP contribution < -0.4 is 0 Å². The van der Waals surface area contributed by atoms with Crippen LogP contribution in [0.5, 0.6) is 0 Å². The lowest BCUT2D eigenvalue weighted by Gasteiger charge is -2.16. The molecule has 0 atom stereocenters. The number of hydrogen-bond donors (Lipinski definition) is 1. The molecule has 24 heavy (non-hydrogen) atoms. The van der Waals surface area contributed by atoms with E-state index in [9.17, 15) is 0 Å². The molecule has 0 aliphatic carbocycles. The van der Waals surface area contributed by atoms with E-state index < -0.39 is 0 Å². The summed E-state index contributed by atoms with van der Waals surface area (Å²) in [5.74, 6) is 0. The molecular formula is C21H21N3. The Hall–Kier alpha value is -2.68. The van der Waals surface area contributed by atoms with Gasteiger partial charge in [0.15, 0.2) is 0 Å². The number of aromatic nitrogens is 2. The highest BCUT2D eigenvalue weighted by atomic mass is 14.8. The summed E-state index contributed by atoms with van der Waals surface area (Å²) in [5, 5.41) is 1.29.